The lowest BCUT2D eigenvalue weighted by atomic mass is 9.94. The van der Waals surface area contributed by atoms with E-state index in [0.717, 1.165) is 5.69 Å². The zero-order chi connectivity index (χ0) is 33.9. The lowest BCUT2D eigenvalue weighted by Gasteiger charge is -2.14. The van der Waals surface area contributed by atoms with Gasteiger partial charge >= 0.3 is 0 Å². The van der Waals surface area contributed by atoms with Crippen molar-refractivity contribution < 1.29 is 0 Å². The van der Waals surface area contributed by atoms with Gasteiger partial charge in [-0.1, -0.05) is 121 Å². The Bertz CT molecular complexity index is 3420. The van der Waals surface area contributed by atoms with Crippen molar-refractivity contribution in [3.05, 3.63) is 182 Å². The fraction of sp³-hybridized carbons (Fsp3) is 0. The third-order valence-electron chi connectivity index (χ3n) is 11.4. The smallest absolute Gasteiger partial charge is 0.0641 e. The van der Waals surface area contributed by atoms with Gasteiger partial charge in [-0.05, 0) is 115 Å². The molecule has 52 heavy (non-hydrogen) atoms. The summed E-state index contributed by atoms with van der Waals surface area (Å²) in [6.45, 7) is 0. The molecule has 2 heteroatoms. The molecule has 0 amide bonds. The maximum Gasteiger partial charge on any atom is 0.0641 e. The summed E-state index contributed by atoms with van der Waals surface area (Å²) in [5, 5.41) is 17.8. The first kappa shape index (κ1) is 27.9. The predicted octanol–water partition coefficient (Wildman–Crippen LogP) is 13.6. The Morgan fingerprint density at radius 1 is 0.250 bits per heavy atom. The highest BCUT2D eigenvalue weighted by Gasteiger charge is 2.22. The summed E-state index contributed by atoms with van der Waals surface area (Å²) in [7, 11) is 0. The van der Waals surface area contributed by atoms with Gasteiger partial charge < -0.3 is 9.13 Å². The van der Waals surface area contributed by atoms with E-state index in [0.29, 0.717) is 0 Å². The highest BCUT2D eigenvalue weighted by atomic mass is 15.0. The highest BCUT2D eigenvalue weighted by Crippen LogP contribution is 2.44. The molecule has 10 aromatic carbocycles. The lowest BCUT2D eigenvalue weighted by Crippen LogP contribution is -1.95. The Hall–Kier alpha value is -6.90. The van der Waals surface area contributed by atoms with E-state index in [4.69, 9.17) is 0 Å². The average Bonchev–Trinajstić information content (AvgIpc) is 3.71. The van der Waals surface area contributed by atoms with E-state index in [-0.39, 0.29) is 0 Å². The summed E-state index contributed by atoms with van der Waals surface area (Å²) in [5.41, 5.74) is 7.20. The molecule has 0 aliphatic rings. The Morgan fingerprint density at radius 3 is 1.52 bits per heavy atom. The van der Waals surface area contributed by atoms with Gasteiger partial charge in [0.05, 0.1) is 22.1 Å². The molecule has 0 atom stereocenters. The van der Waals surface area contributed by atoms with E-state index in [1.807, 2.05) is 0 Å². The van der Waals surface area contributed by atoms with Crippen LogP contribution in [0.2, 0.25) is 0 Å². The number of nitrogens with zero attached hydrogens (tertiary/aromatic N) is 2. The molecule has 0 aliphatic carbocycles. The third kappa shape index (κ3) is 3.73. The monoisotopic (exact) mass is 658 g/mol. The van der Waals surface area contributed by atoms with Gasteiger partial charge in [0.1, 0.15) is 0 Å². The van der Waals surface area contributed by atoms with Crippen LogP contribution < -0.4 is 0 Å². The number of hydrogen-bond acceptors (Lipinski definition) is 0. The van der Waals surface area contributed by atoms with Gasteiger partial charge in [0.2, 0.25) is 0 Å². The van der Waals surface area contributed by atoms with Crippen molar-refractivity contribution >= 4 is 97.5 Å². The molecule has 0 saturated carbocycles. The molecule has 0 aliphatic heterocycles. The number of fused-ring (bicyclic) bond motifs is 15. The number of aromatic nitrogens is 2. The average molecular weight is 659 g/mol. The van der Waals surface area contributed by atoms with Gasteiger partial charge in [-0.15, -0.1) is 0 Å². The summed E-state index contributed by atoms with van der Waals surface area (Å²) < 4.78 is 4.97. The van der Waals surface area contributed by atoms with E-state index in [2.05, 4.69) is 191 Å². The summed E-state index contributed by atoms with van der Waals surface area (Å²) >= 11 is 0. The molecule has 12 aromatic rings. The van der Waals surface area contributed by atoms with E-state index in [9.17, 15) is 0 Å². The van der Waals surface area contributed by atoms with E-state index >= 15 is 0 Å². The Kier molecular flexibility index (Phi) is 5.53. The van der Waals surface area contributed by atoms with Crippen LogP contribution in [0.5, 0.6) is 0 Å². The van der Waals surface area contributed by atoms with Gasteiger partial charge in [-0.3, -0.25) is 0 Å². The summed E-state index contributed by atoms with van der Waals surface area (Å²) in [6.07, 6.45) is 0. The maximum atomic E-state index is 2.50. The molecule has 0 spiro atoms. The number of para-hydroxylation sites is 2. The second-order valence-electron chi connectivity index (χ2n) is 14.1. The van der Waals surface area contributed by atoms with Crippen LogP contribution in [0, 0.1) is 0 Å². The van der Waals surface area contributed by atoms with E-state index < -0.39 is 0 Å². The van der Waals surface area contributed by atoms with Gasteiger partial charge in [-0.25, -0.2) is 0 Å². The van der Waals surface area contributed by atoms with Crippen LogP contribution in [0.25, 0.3) is 109 Å². The summed E-state index contributed by atoms with van der Waals surface area (Å²) in [5.74, 6) is 0. The van der Waals surface area contributed by atoms with Crippen LogP contribution in [0.3, 0.4) is 0 Å². The molecule has 12 rings (SSSR count). The SMILES string of the molecule is c1ccc(-n2c3cc4cc5ccccc5cc4cc3c3ccc4c(c5ccccc5n4-c4ccc5c6ccccc6c6ccccc6c5c4)c32)cc1. The van der Waals surface area contributed by atoms with Crippen LogP contribution in [-0.2, 0) is 0 Å². The minimum atomic E-state index is 1.16. The normalized spacial score (nSPS) is 12.2. The highest BCUT2D eigenvalue weighted by molar-refractivity contribution is 6.28. The zero-order valence-electron chi connectivity index (χ0n) is 28.2. The topological polar surface area (TPSA) is 9.86 Å². The molecule has 0 saturated heterocycles. The van der Waals surface area contributed by atoms with Crippen LogP contribution in [0.4, 0.5) is 0 Å². The fourth-order valence-corrected chi connectivity index (χ4v) is 9.15. The second-order valence-corrected chi connectivity index (χ2v) is 14.1. The van der Waals surface area contributed by atoms with E-state index in [1.54, 1.807) is 0 Å². The number of hydrogen-bond donors (Lipinski definition) is 0. The van der Waals surface area contributed by atoms with Gasteiger partial charge in [0, 0.05) is 32.9 Å². The molecule has 0 N–H and O–H groups in total. The maximum absolute atomic E-state index is 2.50. The van der Waals surface area contributed by atoms with Crippen molar-refractivity contribution in [3.63, 3.8) is 0 Å². The first-order valence-corrected chi connectivity index (χ1v) is 18.0. The Balaban J connectivity index is 1.23. The van der Waals surface area contributed by atoms with Crippen molar-refractivity contribution in [2.75, 3.05) is 0 Å². The van der Waals surface area contributed by atoms with Gasteiger partial charge in [0.15, 0.2) is 0 Å². The minimum Gasteiger partial charge on any atom is -0.309 e. The lowest BCUT2D eigenvalue weighted by molar-refractivity contribution is 1.18. The summed E-state index contributed by atoms with van der Waals surface area (Å²) in [6, 6.07) is 67.3. The summed E-state index contributed by atoms with van der Waals surface area (Å²) in [4.78, 5) is 0. The van der Waals surface area contributed by atoms with Crippen molar-refractivity contribution in [2.45, 2.75) is 0 Å². The van der Waals surface area contributed by atoms with Crippen molar-refractivity contribution in [1.29, 1.82) is 0 Å². The largest absolute Gasteiger partial charge is 0.309 e. The van der Waals surface area contributed by atoms with Crippen molar-refractivity contribution in [3.8, 4) is 11.4 Å². The molecular weight excluding hydrogens is 629 g/mol. The standard InChI is InChI=1S/C50H30N2/c1-2-14-35(15-3-1)52-48-29-34-27-32-13-5-4-12-31(32)26-33(34)28-45(48)42-24-25-47-49(50(42)52)43-20-10-11-21-46(43)51(47)36-22-23-41-39-18-7-6-16-37(39)38-17-8-9-19-40(38)44(41)30-36/h1-30H. The fourth-order valence-electron chi connectivity index (χ4n) is 9.15. The molecular formula is C50H30N2. The van der Waals surface area contributed by atoms with Crippen LogP contribution in [0.15, 0.2) is 182 Å². The second kappa shape index (κ2) is 10.3. The van der Waals surface area contributed by atoms with Crippen LogP contribution in [0.1, 0.15) is 0 Å². The minimum absolute atomic E-state index is 1.16. The Morgan fingerprint density at radius 2 is 0.808 bits per heavy atom. The molecule has 0 unspecified atom stereocenters. The quantitative estimate of drug-likeness (QED) is 0.129. The first-order chi connectivity index (χ1) is 25.8. The number of rotatable bonds is 2. The Labute approximate surface area is 299 Å². The molecule has 2 aromatic heterocycles. The van der Waals surface area contributed by atoms with Crippen molar-refractivity contribution in [2.24, 2.45) is 0 Å². The predicted molar refractivity (Wildman–Crippen MR) is 223 cm³/mol. The van der Waals surface area contributed by atoms with Crippen LogP contribution in [-0.4, -0.2) is 9.13 Å². The first-order valence-electron chi connectivity index (χ1n) is 18.0. The molecule has 240 valence electrons. The molecule has 0 radical (unpaired) electrons. The zero-order valence-corrected chi connectivity index (χ0v) is 28.2. The van der Waals surface area contributed by atoms with Crippen LogP contribution >= 0.6 is 0 Å². The van der Waals surface area contributed by atoms with Gasteiger partial charge in [0.25, 0.3) is 0 Å². The molecule has 0 bridgehead atoms. The molecule has 2 nitrogen and oxygen atoms in total. The molecule has 0 fully saturated rings. The van der Waals surface area contributed by atoms with E-state index in [1.165, 1.54) is 103 Å². The number of benzene rings is 10. The van der Waals surface area contributed by atoms with Gasteiger partial charge in [-0.2, -0.15) is 0 Å². The van der Waals surface area contributed by atoms with Crippen molar-refractivity contribution in [1.82, 2.24) is 9.13 Å². The molecule has 2 heterocycles. The third-order valence-corrected chi connectivity index (χ3v) is 11.4.